The molecular weight excluding hydrogens is 342 g/mol. The number of esters is 1. The molecule has 1 heterocycles. The molecule has 2 rings (SSSR count). The number of aliphatic hydroxyl groups is 4. The Bertz CT molecular complexity index is 791. The smallest absolute Gasteiger partial charge is 0.342 e. The van der Waals surface area contributed by atoms with Gasteiger partial charge in [0.05, 0.1) is 18.2 Å². The zero-order chi connectivity index (χ0) is 19.3. The second-order valence-electron chi connectivity index (χ2n) is 5.69. The molecule has 0 saturated carbocycles. The summed E-state index contributed by atoms with van der Waals surface area (Å²) in [5.41, 5.74) is 1.26. The molecule has 2 aromatic rings. The Labute approximate surface area is 149 Å². The van der Waals surface area contributed by atoms with Crippen LogP contribution in [0.25, 0.3) is 0 Å². The van der Waals surface area contributed by atoms with E-state index in [9.17, 15) is 20.1 Å². The summed E-state index contributed by atoms with van der Waals surface area (Å²) < 4.78 is 10.4. The van der Waals surface area contributed by atoms with Gasteiger partial charge in [0.15, 0.2) is 0 Å². The van der Waals surface area contributed by atoms with Crippen LogP contribution in [0.4, 0.5) is 0 Å². The lowest BCUT2D eigenvalue weighted by molar-refractivity contribution is -0.0837. The molecule has 26 heavy (non-hydrogen) atoms. The summed E-state index contributed by atoms with van der Waals surface area (Å²) in [6.07, 6.45) is -4.84. The number of hydrogen-bond donors (Lipinski definition) is 4. The van der Waals surface area contributed by atoms with Crippen LogP contribution in [0, 0.1) is 18.3 Å². The van der Waals surface area contributed by atoms with E-state index in [1.54, 1.807) is 24.3 Å². The second-order valence-corrected chi connectivity index (χ2v) is 5.69. The van der Waals surface area contributed by atoms with Crippen molar-refractivity contribution in [2.24, 2.45) is 0 Å². The van der Waals surface area contributed by atoms with Crippen LogP contribution in [-0.4, -0.2) is 45.2 Å². The molecule has 0 bridgehead atoms. The van der Waals surface area contributed by atoms with Crippen molar-refractivity contribution in [1.82, 2.24) is 0 Å². The fourth-order valence-electron chi connectivity index (χ4n) is 2.24. The maximum atomic E-state index is 12.2. The number of carbonyl (C=O) groups excluding carboxylic acids is 1. The van der Waals surface area contributed by atoms with E-state index in [2.05, 4.69) is 0 Å². The third-order valence-corrected chi connectivity index (χ3v) is 3.81. The zero-order valence-corrected chi connectivity index (χ0v) is 14.0. The van der Waals surface area contributed by atoms with E-state index in [0.29, 0.717) is 11.1 Å². The molecule has 0 radical (unpaired) electrons. The van der Waals surface area contributed by atoms with Crippen LogP contribution in [0.5, 0.6) is 0 Å². The Morgan fingerprint density at radius 2 is 1.92 bits per heavy atom. The van der Waals surface area contributed by atoms with Crippen molar-refractivity contribution in [3.8, 4) is 6.07 Å². The SMILES string of the molecule is Cc1oc(C(O)C(O)C(O)CO)cc1C(=O)OCc1ccc(C#N)cc1. The highest BCUT2D eigenvalue weighted by Gasteiger charge is 2.29. The summed E-state index contributed by atoms with van der Waals surface area (Å²) in [6, 6.07) is 9.74. The van der Waals surface area contributed by atoms with E-state index in [1.807, 2.05) is 6.07 Å². The molecule has 0 aliphatic heterocycles. The largest absolute Gasteiger partial charge is 0.463 e. The van der Waals surface area contributed by atoms with E-state index in [-0.39, 0.29) is 23.7 Å². The first-order valence-corrected chi connectivity index (χ1v) is 7.79. The summed E-state index contributed by atoms with van der Waals surface area (Å²) in [7, 11) is 0. The molecule has 0 amide bonds. The van der Waals surface area contributed by atoms with E-state index < -0.39 is 30.9 Å². The standard InChI is InChI=1S/C18H19NO7/c1-10-13(6-15(26-10)17(23)16(22)14(21)8-20)18(24)25-9-12-4-2-11(7-19)3-5-12/h2-6,14,16-17,20-23H,8-9H2,1H3. The Kier molecular flexibility index (Phi) is 6.49. The maximum Gasteiger partial charge on any atom is 0.342 e. The first-order chi connectivity index (χ1) is 12.4. The van der Waals surface area contributed by atoms with Crippen molar-refractivity contribution in [1.29, 1.82) is 5.26 Å². The molecule has 1 aromatic carbocycles. The van der Waals surface area contributed by atoms with E-state index in [1.165, 1.54) is 13.0 Å². The third kappa shape index (κ3) is 4.47. The fraction of sp³-hybridized carbons (Fsp3) is 0.333. The topological polar surface area (TPSA) is 144 Å². The number of nitriles is 1. The van der Waals surface area contributed by atoms with Gasteiger partial charge in [-0.25, -0.2) is 4.79 Å². The van der Waals surface area contributed by atoms with Gasteiger partial charge in [0, 0.05) is 0 Å². The summed E-state index contributed by atoms with van der Waals surface area (Å²) in [5, 5.41) is 46.6. The molecule has 0 saturated heterocycles. The molecule has 0 aliphatic rings. The van der Waals surface area contributed by atoms with Gasteiger partial charge in [-0.05, 0) is 30.7 Å². The van der Waals surface area contributed by atoms with Gasteiger partial charge in [0.25, 0.3) is 0 Å². The monoisotopic (exact) mass is 361 g/mol. The molecule has 3 unspecified atom stereocenters. The second kappa shape index (κ2) is 8.60. The molecule has 4 N–H and O–H groups in total. The molecule has 8 nitrogen and oxygen atoms in total. The van der Waals surface area contributed by atoms with Crippen molar-refractivity contribution in [2.75, 3.05) is 6.61 Å². The number of aliphatic hydroxyl groups excluding tert-OH is 4. The Morgan fingerprint density at radius 1 is 1.27 bits per heavy atom. The normalized spacial score (nSPS) is 14.3. The van der Waals surface area contributed by atoms with Gasteiger partial charge in [0.1, 0.15) is 42.0 Å². The van der Waals surface area contributed by atoms with Crippen molar-refractivity contribution < 1.29 is 34.4 Å². The minimum atomic E-state index is -1.67. The van der Waals surface area contributed by atoms with Gasteiger partial charge in [-0.3, -0.25) is 0 Å². The summed E-state index contributed by atoms with van der Waals surface area (Å²) in [5.74, 6) is -0.645. The number of benzene rings is 1. The molecule has 3 atom stereocenters. The van der Waals surface area contributed by atoms with Crippen molar-refractivity contribution in [2.45, 2.75) is 31.8 Å². The first kappa shape index (κ1) is 19.6. The highest BCUT2D eigenvalue weighted by molar-refractivity contribution is 5.90. The van der Waals surface area contributed by atoms with Crippen LogP contribution < -0.4 is 0 Å². The van der Waals surface area contributed by atoms with Crippen LogP contribution in [0.15, 0.2) is 34.7 Å². The predicted octanol–water partition coefficient (Wildman–Crippen LogP) is 0.564. The van der Waals surface area contributed by atoms with Crippen LogP contribution in [-0.2, 0) is 11.3 Å². The minimum Gasteiger partial charge on any atom is -0.463 e. The van der Waals surface area contributed by atoms with Crippen LogP contribution in [0.3, 0.4) is 0 Å². The zero-order valence-electron chi connectivity index (χ0n) is 14.0. The molecule has 0 fully saturated rings. The van der Waals surface area contributed by atoms with E-state index >= 15 is 0 Å². The summed E-state index contributed by atoms with van der Waals surface area (Å²) in [6.45, 7) is 0.736. The van der Waals surface area contributed by atoms with E-state index in [0.717, 1.165) is 0 Å². The quantitative estimate of drug-likeness (QED) is 0.524. The average Bonchev–Trinajstić information content (AvgIpc) is 3.06. The van der Waals surface area contributed by atoms with Gasteiger partial charge in [0.2, 0.25) is 0 Å². The Morgan fingerprint density at radius 3 is 2.50 bits per heavy atom. The van der Waals surface area contributed by atoms with Gasteiger partial charge in [-0.1, -0.05) is 12.1 Å². The minimum absolute atomic E-state index is 0.0150. The molecule has 8 heteroatoms. The highest BCUT2D eigenvalue weighted by atomic mass is 16.5. The first-order valence-electron chi connectivity index (χ1n) is 7.79. The maximum absolute atomic E-state index is 12.2. The van der Waals surface area contributed by atoms with Gasteiger partial charge in [-0.15, -0.1) is 0 Å². The van der Waals surface area contributed by atoms with Gasteiger partial charge in [-0.2, -0.15) is 5.26 Å². The number of rotatable bonds is 7. The number of carbonyl (C=O) groups is 1. The lowest BCUT2D eigenvalue weighted by Crippen LogP contribution is -2.34. The third-order valence-electron chi connectivity index (χ3n) is 3.81. The molecule has 0 aliphatic carbocycles. The predicted molar refractivity (Wildman–Crippen MR) is 87.8 cm³/mol. The number of ether oxygens (including phenoxy) is 1. The molecular formula is C18H19NO7. The molecule has 138 valence electrons. The van der Waals surface area contributed by atoms with Crippen LogP contribution in [0.2, 0.25) is 0 Å². The van der Waals surface area contributed by atoms with Crippen molar-refractivity contribution in [3.63, 3.8) is 0 Å². The lowest BCUT2D eigenvalue weighted by Gasteiger charge is -2.19. The Balaban J connectivity index is 2.05. The summed E-state index contributed by atoms with van der Waals surface area (Å²) >= 11 is 0. The van der Waals surface area contributed by atoms with Crippen LogP contribution in [0.1, 0.15) is 39.1 Å². The van der Waals surface area contributed by atoms with Crippen LogP contribution >= 0.6 is 0 Å². The van der Waals surface area contributed by atoms with Gasteiger partial charge < -0.3 is 29.6 Å². The van der Waals surface area contributed by atoms with Crippen molar-refractivity contribution >= 4 is 5.97 Å². The molecule has 0 spiro atoms. The number of aryl methyl sites for hydroxylation is 1. The van der Waals surface area contributed by atoms with Gasteiger partial charge >= 0.3 is 5.97 Å². The molecule has 1 aromatic heterocycles. The average molecular weight is 361 g/mol. The highest BCUT2D eigenvalue weighted by Crippen LogP contribution is 2.25. The summed E-state index contributed by atoms with van der Waals surface area (Å²) in [4.78, 5) is 12.2. The van der Waals surface area contributed by atoms with E-state index in [4.69, 9.17) is 19.5 Å². The van der Waals surface area contributed by atoms with Crippen molar-refractivity contribution in [3.05, 3.63) is 58.5 Å². The number of nitrogens with zero attached hydrogens (tertiary/aromatic N) is 1. The lowest BCUT2D eigenvalue weighted by atomic mass is 10.1. The fourth-order valence-corrected chi connectivity index (χ4v) is 2.24. The Hall–Kier alpha value is -2.70. The number of hydrogen-bond acceptors (Lipinski definition) is 8. The number of furan rings is 1.